The van der Waals surface area contributed by atoms with Gasteiger partial charge in [-0.3, -0.25) is 9.59 Å². The van der Waals surface area contributed by atoms with E-state index >= 15 is 0 Å². The summed E-state index contributed by atoms with van der Waals surface area (Å²) in [7, 11) is 0. The predicted molar refractivity (Wildman–Crippen MR) is 130 cm³/mol. The van der Waals surface area contributed by atoms with Crippen molar-refractivity contribution in [1.29, 1.82) is 0 Å². The number of hydrogen-bond acceptors (Lipinski definition) is 3. The molecule has 0 saturated heterocycles. The van der Waals surface area contributed by atoms with Crippen LogP contribution in [0.3, 0.4) is 0 Å². The number of carboxylic acid groups (broad SMARTS) is 1. The number of hydrogen-bond donors (Lipinski definition) is 1. The fraction of sp³-hybridized carbons (Fsp3) is 0.778. The second-order valence-electron chi connectivity index (χ2n) is 8.52. The summed E-state index contributed by atoms with van der Waals surface area (Å²) in [4.78, 5) is 22.9. The Balaban J connectivity index is 4.23. The number of esters is 1. The van der Waals surface area contributed by atoms with Crippen LogP contribution >= 0.6 is 0 Å². The van der Waals surface area contributed by atoms with Crippen LogP contribution in [0.1, 0.15) is 129 Å². The Kier molecular flexibility index (Phi) is 21.9. The highest BCUT2D eigenvalue weighted by Gasteiger charge is 2.11. The molecule has 4 heteroatoms. The fourth-order valence-electron chi connectivity index (χ4n) is 3.47. The summed E-state index contributed by atoms with van der Waals surface area (Å²) in [5, 5.41) is 8.72. The zero-order valence-electron chi connectivity index (χ0n) is 20.3. The van der Waals surface area contributed by atoms with Crippen molar-refractivity contribution in [1.82, 2.24) is 0 Å². The van der Waals surface area contributed by atoms with Crippen molar-refractivity contribution in [2.24, 2.45) is 0 Å². The number of carboxylic acids is 1. The molecule has 1 atom stereocenters. The molecule has 0 bridgehead atoms. The van der Waals surface area contributed by atoms with Crippen molar-refractivity contribution in [3.8, 4) is 0 Å². The molecule has 0 aromatic rings. The lowest BCUT2D eigenvalue weighted by Gasteiger charge is -2.14. The molecule has 4 nitrogen and oxygen atoms in total. The fourth-order valence-corrected chi connectivity index (χ4v) is 3.47. The third-order valence-electron chi connectivity index (χ3n) is 5.41. The van der Waals surface area contributed by atoms with Crippen LogP contribution in [0.2, 0.25) is 0 Å². The van der Waals surface area contributed by atoms with Crippen LogP contribution in [0, 0.1) is 0 Å². The monoisotopic (exact) mass is 436 g/mol. The minimum Gasteiger partial charge on any atom is -0.481 e. The molecule has 180 valence electrons. The van der Waals surface area contributed by atoms with Crippen molar-refractivity contribution in [3.05, 3.63) is 24.3 Å². The highest BCUT2D eigenvalue weighted by molar-refractivity contribution is 5.69. The standard InChI is InChI=1S/C27H48O4/c1-3-5-7-9-11-13-17-21-25(22-18-15-16-19-23-26(28)29)31-27(30)24-20-14-12-10-8-6-4-2/h9,11,17,21,25H,3-8,10,12-16,18-20,22-24H2,1-2H3,(H,28,29)/b11-9-,21-17-. The molecular weight excluding hydrogens is 388 g/mol. The number of aliphatic carboxylic acids is 1. The van der Waals surface area contributed by atoms with Crippen molar-refractivity contribution in [2.75, 3.05) is 0 Å². The molecule has 0 aliphatic rings. The normalized spacial score (nSPS) is 12.6. The third-order valence-corrected chi connectivity index (χ3v) is 5.41. The summed E-state index contributed by atoms with van der Waals surface area (Å²) in [5.74, 6) is -0.820. The minimum absolute atomic E-state index is 0.0902. The average Bonchev–Trinajstić information content (AvgIpc) is 2.74. The molecule has 0 aromatic heterocycles. The third kappa shape index (κ3) is 22.9. The summed E-state index contributed by atoms with van der Waals surface area (Å²) < 4.78 is 5.74. The van der Waals surface area contributed by atoms with E-state index in [2.05, 4.69) is 32.1 Å². The Morgan fingerprint density at radius 2 is 1.35 bits per heavy atom. The maximum absolute atomic E-state index is 12.3. The lowest BCUT2D eigenvalue weighted by molar-refractivity contribution is -0.147. The Hall–Kier alpha value is -1.58. The van der Waals surface area contributed by atoms with Crippen molar-refractivity contribution in [3.63, 3.8) is 0 Å². The zero-order chi connectivity index (χ0) is 23.0. The SMILES string of the molecule is CCCC/C=C\C/C=C\C(CCCCCCC(=O)O)OC(=O)CCCCCCCCC. The molecule has 0 amide bonds. The second kappa shape index (κ2) is 23.1. The van der Waals surface area contributed by atoms with Gasteiger partial charge < -0.3 is 9.84 Å². The molecule has 0 aromatic carbocycles. The molecule has 0 spiro atoms. The molecule has 1 unspecified atom stereocenters. The maximum Gasteiger partial charge on any atom is 0.306 e. The first-order valence-corrected chi connectivity index (χ1v) is 12.8. The molecule has 0 radical (unpaired) electrons. The van der Waals surface area contributed by atoms with E-state index in [1.807, 2.05) is 6.08 Å². The van der Waals surface area contributed by atoms with Crippen molar-refractivity contribution >= 4 is 11.9 Å². The first kappa shape index (κ1) is 29.4. The lowest BCUT2D eigenvalue weighted by Crippen LogP contribution is -2.16. The Morgan fingerprint density at radius 3 is 2.03 bits per heavy atom. The van der Waals surface area contributed by atoms with Crippen molar-refractivity contribution < 1.29 is 19.4 Å². The van der Waals surface area contributed by atoms with Gasteiger partial charge in [-0.2, -0.15) is 0 Å². The van der Waals surface area contributed by atoms with Gasteiger partial charge in [-0.05, 0) is 44.6 Å². The highest BCUT2D eigenvalue weighted by Crippen LogP contribution is 2.14. The molecule has 0 fully saturated rings. The lowest BCUT2D eigenvalue weighted by atomic mass is 10.1. The van der Waals surface area contributed by atoms with Gasteiger partial charge in [0.2, 0.25) is 0 Å². The average molecular weight is 437 g/mol. The van der Waals surface area contributed by atoms with Crippen LogP contribution in [0.4, 0.5) is 0 Å². The summed E-state index contributed by atoms with van der Waals surface area (Å²) in [6.45, 7) is 4.42. The Bertz CT molecular complexity index is 482. The van der Waals surface area contributed by atoms with Crippen LogP contribution in [0.5, 0.6) is 0 Å². The topological polar surface area (TPSA) is 63.6 Å². The first-order chi connectivity index (χ1) is 15.1. The molecule has 0 saturated carbocycles. The van der Waals surface area contributed by atoms with Gasteiger partial charge in [-0.25, -0.2) is 0 Å². The summed E-state index contributed by atoms with van der Waals surface area (Å²) in [5.41, 5.74) is 0. The number of unbranched alkanes of at least 4 members (excludes halogenated alkanes) is 11. The van der Waals surface area contributed by atoms with Gasteiger partial charge in [-0.1, -0.05) is 96.3 Å². The number of carbonyl (C=O) groups is 2. The first-order valence-electron chi connectivity index (χ1n) is 12.8. The van der Waals surface area contributed by atoms with Crippen LogP contribution in [-0.4, -0.2) is 23.1 Å². The minimum atomic E-state index is -0.730. The van der Waals surface area contributed by atoms with E-state index in [1.54, 1.807) is 0 Å². The van der Waals surface area contributed by atoms with Gasteiger partial charge in [0.15, 0.2) is 0 Å². The van der Waals surface area contributed by atoms with Crippen LogP contribution in [0.25, 0.3) is 0 Å². The summed E-state index contributed by atoms with van der Waals surface area (Å²) in [6.07, 6.45) is 26.2. The van der Waals surface area contributed by atoms with E-state index in [0.717, 1.165) is 57.8 Å². The Labute approximate surface area is 191 Å². The van der Waals surface area contributed by atoms with E-state index in [1.165, 1.54) is 44.9 Å². The number of ether oxygens (including phenoxy) is 1. The van der Waals surface area contributed by atoms with E-state index in [0.29, 0.717) is 6.42 Å². The van der Waals surface area contributed by atoms with Gasteiger partial charge in [-0.15, -0.1) is 0 Å². The predicted octanol–water partition coefficient (Wildman–Crippen LogP) is 8.16. The molecular formula is C27H48O4. The van der Waals surface area contributed by atoms with Gasteiger partial charge in [0.05, 0.1) is 0 Å². The largest absolute Gasteiger partial charge is 0.481 e. The summed E-state index contributed by atoms with van der Waals surface area (Å²) >= 11 is 0. The van der Waals surface area contributed by atoms with Crippen molar-refractivity contribution in [2.45, 2.75) is 136 Å². The van der Waals surface area contributed by atoms with E-state index < -0.39 is 5.97 Å². The van der Waals surface area contributed by atoms with Gasteiger partial charge in [0.1, 0.15) is 6.10 Å². The highest BCUT2D eigenvalue weighted by atomic mass is 16.5. The van der Waals surface area contributed by atoms with E-state index in [9.17, 15) is 9.59 Å². The molecule has 31 heavy (non-hydrogen) atoms. The van der Waals surface area contributed by atoms with Crippen LogP contribution in [0.15, 0.2) is 24.3 Å². The van der Waals surface area contributed by atoms with Crippen LogP contribution < -0.4 is 0 Å². The number of allylic oxidation sites excluding steroid dienone is 3. The van der Waals surface area contributed by atoms with Gasteiger partial charge in [0, 0.05) is 12.8 Å². The summed E-state index contributed by atoms with van der Waals surface area (Å²) in [6, 6.07) is 0. The van der Waals surface area contributed by atoms with Gasteiger partial charge in [0.25, 0.3) is 0 Å². The molecule has 1 N–H and O–H groups in total. The number of carbonyl (C=O) groups excluding carboxylic acids is 1. The van der Waals surface area contributed by atoms with E-state index in [4.69, 9.17) is 9.84 Å². The molecule has 0 rings (SSSR count). The number of rotatable bonds is 22. The molecule has 0 aliphatic heterocycles. The zero-order valence-corrected chi connectivity index (χ0v) is 20.3. The Morgan fingerprint density at radius 1 is 0.742 bits per heavy atom. The van der Waals surface area contributed by atoms with E-state index in [-0.39, 0.29) is 18.5 Å². The van der Waals surface area contributed by atoms with Crippen LogP contribution in [-0.2, 0) is 14.3 Å². The molecule has 0 aliphatic carbocycles. The quantitative estimate of drug-likeness (QED) is 0.106. The molecule has 0 heterocycles. The maximum atomic E-state index is 12.3. The smallest absolute Gasteiger partial charge is 0.306 e. The van der Waals surface area contributed by atoms with Gasteiger partial charge >= 0.3 is 11.9 Å². The second-order valence-corrected chi connectivity index (χ2v) is 8.52.